The SMILES string of the molecule is CN(C(=O)OC(C)(C)C)C1COc2scc(C#N)c2C1. The summed E-state index contributed by atoms with van der Waals surface area (Å²) >= 11 is 1.43. The monoisotopic (exact) mass is 294 g/mol. The molecule has 5 nitrogen and oxygen atoms in total. The second-order valence-electron chi connectivity index (χ2n) is 5.79. The minimum absolute atomic E-state index is 0.112. The number of rotatable bonds is 1. The van der Waals surface area contributed by atoms with Gasteiger partial charge in [0.05, 0.1) is 11.6 Å². The van der Waals surface area contributed by atoms with Gasteiger partial charge in [-0.25, -0.2) is 4.79 Å². The van der Waals surface area contributed by atoms with Crippen LogP contribution in [0.15, 0.2) is 5.38 Å². The molecule has 0 saturated heterocycles. The number of fused-ring (bicyclic) bond motifs is 1. The topological polar surface area (TPSA) is 62.6 Å². The van der Waals surface area contributed by atoms with Gasteiger partial charge in [-0.15, -0.1) is 11.3 Å². The predicted molar refractivity (Wildman–Crippen MR) is 76.0 cm³/mol. The first kappa shape index (κ1) is 14.7. The lowest BCUT2D eigenvalue weighted by molar-refractivity contribution is 0.0162. The highest BCUT2D eigenvalue weighted by molar-refractivity contribution is 7.12. The quantitative estimate of drug-likeness (QED) is 0.799. The van der Waals surface area contributed by atoms with Crippen molar-refractivity contribution in [2.24, 2.45) is 0 Å². The summed E-state index contributed by atoms with van der Waals surface area (Å²) in [5.74, 6) is 0. The van der Waals surface area contributed by atoms with Crippen molar-refractivity contribution in [1.29, 1.82) is 5.26 Å². The molecule has 1 aliphatic heterocycles. The highest BCUT2D eigenvalue weighted by Crippen LogP contribution is 2.35. The second-order valence-corrected chi connectivity index (χ2v) is 6.63. The van der Waals surface area contributed by atoms with Crippen molar-refractivity contribution in [3.63, 3.8) is 0 Å². The highest BCUT2D eigenvalue weighted by atomic mass is 32.1. The average Bonchev–Trinajstić information content (AvgIpc) is 2.77. The molecule has 2 rings (SSSR count). The molecule has 1 unspecified atom stereocenters. The fraction of sp³-hybridized carbons (Fsp3) is 0.571. The fourth-order valence-electron chi connectivity index (χ4n) is 1.97. The van der Waals surface area contributed by atoms with Crippen LogP contribution in [-0.4, -0.2) is 36.3 Å². The van der Waals surface area contributed by atoms with E-state index < -0.39 is 5.60 Å². The van der Waals surface area contributed by atoms with Gasteiger partial charge in [0.25, 0.3) is 0 Å². The third-order valence-electron chi connectivity index (χ3n) is 3.05. The van der Waals surface area contributed by atoms with Gasteiger partial charge in [-0.05, 0) is 20.8 Å². The molecule has 1 atom stereocenters. The highest BCUT2D eigenvalue weighted by Gasteiger charge is 2.31. The van der Waals surface area contributed by atoms with Crippen LogP contribution >= 0.6 is 11.3 Å². The van der Waals surface area contributed by atoms with Gasteiger partial charge in [-0.3, -0.25) is 0 Å². The minimum Gasteiger partial charge on any atom is -0.482 e. The Hall–Kier alpha value is -1.74. The smallest absolute Gasteiger partial charge is 0.410 e. The number of thiophene rings is 1. The number of carbonyl (C=O) groups is 1. The molecule has 1 aromatic rings. The molecule has 0 aromatic carbocycles. The zero-order chi connectivity index (χ0) is 14.9. The largest absolute Gasteiger partial charge is 0.482 e. The van der Waals surface area contributed by atoms with Gasteiger partial charge in [0.2, 0.25) is 0 Å². The number of hydrogen-bond acceptors (Lipinski definition) is 5. The van der Waals surface area contributed by atoms with Gasteiger partial charge in [-0.1, -0.05) is 0 Å². The van der Waals surface area contributed by atoms with Crippen molar-refractivity contribution >= 4 is 17.4 Å². The van der Waals surface area contributed by atoms with E-state index in [1.165, 1.54) is 11.3 Å². The molecule has 20 heavy (non-hydrogen) atoms. The standard InChI is InChI=1S/C14H18N2O3S/c1-14(2,3)19-13(17)16(4)10-5-11-9(6-15)8-20-12(11)18-7-10/h8,10H,5,7H2,1-4H3. The molecule has 1 amide bonds. The number of carbonyl (C=O) groups excluding carboxylic acids is 1. The third-order valence-corrected chi connectivity index (χ3v) is 3.98. The van der Waals surface area contributed by atoms with E-state index in [0.717, 1.165) is 10.6 Å². The Morgan fingerprint density at radius 1 is 1.60 bits per heavy atom. The van der Waals surface area contributed by atoms with E-state index in [-0.39, 0.29) is 12.1 Å². The number of amides is 1. The van der Waals surface area contributed by atoms with Crippen molar-refractivity contribution in [1.82, 2.24) is 4.90 Å². The van der Waals surface area contributed by atoms with Crippen LogP contribution in [-0.2, 0) is 11.2 Å². The number of hydrogen-bond donors (Lipinski definition) is 0. The van der Waals surface area contributed by atoms with Crippen LogP contribution in [0.4, 0.5) is 4.79 Å². The molecule has 0 radical (unpaired) electrons. The summed E-state index contributed by atoms with van der Waals surface area (Å²) < 4.78 is 11.0. The predicted octanol–water partition coefficient (Wildman–Crippen LogP) is 2.79. The zero-order valence-corrected chi connectivity index (χ0v) is 12.9. The average molecular weight is 294 g/mol. The number of nitriles is 1. The summed E-state index contributed by atoms with van der Waals surface area (Å²) in [5, 5.41) is 11.6. The molecule has 2 heterocycles. The number of likely N-dealkylation sites (N-methyl/N-ethyl adjacent to an activating group) is 1. The second kappa shape index (κ2) is 5.33. The summed E-state index contributed by atoms with van der Waals surface area (Å²) in [6.07, 6.45) is 0.251. The molecular weight excluding hydrogens is 276 g/mol. The van der Waals surface area contributed by atoms with E-state index in [2.05, 4.69) is 6.07 Å². The van der Waals surface area contributed by atoms with Gasteiger partial charge >= 0.3 is 6.09 Å². The molecule has 0 saturated carbocycles. The molecule has 6 heteroatoms. The first-order valence-electron chi connectivity index (χ1n) is 6.41. The molecule has 1 aliphatic rings. The van der Waals surface area contributed by atoms with Gasteiger partial charge < -0.3 is 14.4 Å². The zero-order valence-electron chi connectivity index (χ0n) is 12.1. The molecule has 0 fully saturated rings. The lowest BCUT2D eigenvalue weighted by Crippen LogP contribution is -2.46. The summed E-state index contributed by atoms with van der Waals surface area (Å²) in [6, 6.07) is 2.05. The lowest BCUT2D eigenvalue weighted by Gasteiger charge is -2.32. The molecule has 0 bridgehead atoms. The first-order valence-corrected chi connectivity index (χ1v) is 7.29. The Bertz CT molecular complexity index is 554. The Morgan fingerprint density at radius 2 is 2.30 bits per heavy atom. The van der Waals surface area contributed by atoms with Crippen molar-refractivity contribution < 1.29 is 14.3 Å². The van der Waals surface area contributed by atoms with Crippen molar-refractivity contribution in [3.05, 3.63) is 16.5 Å². The number of ether oxygens (including phenoxy) is 2. The van der Waals surface area contributed by atoms with E-state index in [1.807, 2.05) is 20.8 Å². The fourth-order valence-corrected chi connectivity index (χ4v) is 2.86. The summed E-state index contributed by atoms with van der Waals surface area (Å²) in [6.45, 7) is 5.93. The molecule has 0 N–H and O–H groups in total. The van der Waals surface area contributed by atoms with Crippen LogP contribution in [0.5, 0.6) is 5.06 Å². The van der Waals surface area contributed by atoms with E-state index in [9.17, 15) is 4.79 Å². The molecule has 1 aromatic heterocycles. The van der Waals surface area contributed by atoms with E-state index in [4.69, 9.17) is 14.7 Å². The van der Waals surface area contributed by atoms with Gasteiger partial charge in [0, 0.05) is 24.4 Å². The van der Waals surface area contributed by atoms with Crippen molar-refractivity contribution in [2.75, 3.05) is 13.7 Å². The van der Waals surface area contributed by atoms with Crippen molar-refractivity contribution in [3.8, 4) is 11.1 Å². The van der Waals surface area contributed by atoms with Crippen LogP contribution in [0, 0.1) is 11.3 Å². The molecule has 0 spiro atoms. The van der Waals surface area contributed by atoms with Crippen LogP contribution in [0.25, 0.3) is 0 Å². The molecular formula is C14H18N2O3S. The van der Waals surface area contributed by atoms with E-state index in [1.54, 1.807) is 17.3 Å². The van der Waals surface area contributed by atoms with Crippen LogP contribution < -0.4 is 4.74 Å². The van der Waals surface area contributed by atoms with Crippen LogP contribution in [0.2, 0.25) is 0 Å². The number of nitrogens with zero attached hydrogens (tertiary/aromatic N) is 2. The third kappa shape index (κ3) is 3.05. The van der Waals surface area contributed by atoms with Gasteiger partial charge in [0.15, 0.2) is 5.06 Å². The Labute approximate surface area is 122 Å². The maximum absolute atomic E-state index is 12.0. The lowest BCUT2D eigenvalue weighted by atomic mass is 10.0. The molecule has 108 valence electrons. The van der Waals surface area contributed by atoms with E-state index >= 15 is 0 Å². The van der Waals surface area contributed by atoms with Crippen molar-refractivity contribution in [2.45, 2.75) is 38.8 Å². The Kier molecular flexibility index (Phi) is 3.91. The maximum Gasteiger partial charge on any atom is 0.410 e. The minimum atomic E-state index is -0.522. The summed E-state index contributed by atoms with van der Waals surface area (Å²) in [5.41, 5.74) is 1.00. The van der Waals surface area contributed by atoms with Crippen LogP contribution in [0.1, 0.15) is 31.9 Å². The first-order chi connectivity index (χ1) is 9.31. The van der Waals surface area contributed by atoms with Gasteiger partial charge in [0.1, 0.15) is 18.3 Å². The molecule has 0 aliphatic carbocycles. The maximum atomic E-state index is 12.0. The summed E-state index contributed by atoms with van der Waals surface area (Å²) in [4.78, 5) is 13.6. The van der Waals surface area contributed by atoms with Crippen LogP contribution in [0.3, 0.4) is 0 Å². The normalized spacial score (nSPS) is 17.6. The Balaban J connectivity index is 2.09. The van der Waals surface area contributed by atoms with Gasteiger partial charge in [-0.2, -0.15) is 5.26 Å². The summed E-state index contributed by atoms with van der Waals surface area (Å²) in [7, 11) is 1.70. The Morgan fingerprint density at radius 3 is 2.90 bits per heavy atom. The van der Waals surface area contributed by atoms with E-state index in [0.29, 0.717) is 18.6 Å².